The Bertz CT molecular complexity index is 383. The largest absolute Gasteiger partial charge is 0.338 e. The molecule has 2 fully saturated rings. The average Bonchev–Trinajstić information content (AvgIpc) is 3.11. The monoisotopic (exact) mass is 267 g/mol. The van der Waals surface area contributed by atoms with Gasteiger partial charge in [-0.05, 0) is 31.9 Å². The molecule has 18 heavy (non-hydrogen) atoms. The Labute approximate surface area is 112 Å². The van der Waals surface area contributed by atoms with Gasteiger partial charge in [-0.25, -0.2) is 0 Å². The summed E-state index contributed by atoms with van der Waals surface area (Å²) in [6.07, 6.45) is 6.31. The zero-order valence-corrected chi connectivity index (χ0v) is 11.7. The Morgan fingerprint density at radius 2 is 2.17 bits per heavy atom. The van der Waals surface area contributed by atoms with Crippen molar-refractivity contribution in [3.8, 4) is 0 Å². The molecule has 0 aromatic carbocycles. The normalized spacial score (nSPS) is 26.8. The molecule has 1 aliphatic heterocycles. The zero-order valence-electron chi connectivity index (χ0n) is 10.9. The molecule has 1 aromatic heterocycles. The Hall–Kier alpha value is -0.550. The lowest BCUT2D eigenvalue weighted by Crippen LogP contribution is -2.31. The maximum absolute atomic E-state index is 5.42. The second kappa shape index (κ2) is 5.61. The van der Waals surface area contributed by atoms with Crippen LogP contribution in [0.5, 0.6) is 0 Å². The Balaban J connectivity index is 1.60. The molecule has 1 saturated carbocycles. The number of aromatic nitrogens is 2. The van der Waals surface area contributed by atoms with Gasteiger partial charge in [-0.2, -0.15) is 16.7 Å². The van der Waals surface area contributed by atoms with E-state index < -0.39 is 0 Å². The fourth-order valence-corrected chi connectivity index (χ4v) is 4.03. The minimum absolute atomic E-state index is 0.177. The third-order valence-corrected chi connectivity index (χ3v) is 5.13. The molecule has 0 unspecified atom stereocenters. The van der Waals surface area contributed by atoms with Crippen LogP contribution in [0.15, 0.2) is 4.52 Å². The second-order valence-electron chi connectivity index (χ2n) is 5.42. The Morgan fingerprint density at radius 3 is 2.89 bits per heavy atom. The van der Waals surface area contributed by atoms with Crippen LogP contribution in [-0.4, -0.2) is 27.7 Å². The second-order valence-corrected chi connectivity index (χ2v) is 6.57. The van der Waals surface area contributed by atoms with E-state index in [-0.39, 0.29) is 6.04 Å². The molecule has 0 amide bonds. The SMILES string of the molecule is C[C@@H](N[C@H]1CCSC1)c1nc(C2CCCC2)no1. The van der Waals surface area contributed by atoms with E-state index in [2.05, 4.69) is 22.4 Å². The summed E-state index contributed by atoms with van der Waals surface area (Å²) in [5.41, 5.74) is 0. The molecule has 1 saturated heterocycles. The van der Waals surface area contributed by atoms with Crippen LogP contribution in [0.4, 0.5) is 0 Å². The van der Waals surface area contributed by atoms with Crippen molar-refractivity contribution in [3.63, 3.8) is 0 Å². The van der Waals surface area contributed by atoms with Crippen LogP contribution in [0.3, 0.4) is 0 Å². The van der Waals surface area contributed by atoms with Gasteiger partial charge in [-0.3, -0.25) is 0 Å². The number of hydrogen-bond donors (Lipinski definition) is 1. The van der Waals surface area contributed by atoms with E-state index in [1.165, 1.54) is 43.6 Å². The van der Waals surface area contributed by atoms with Gasteiger partial charge in [0.1, 0.15) is 0 Å². The minimum atomic E-state index is 0.177. The van der Waals surface area contributed by atoms with E-state index in [0.717, 1.165) is 11.7 Å². The number of nitrogens with zero attached hydrogens (tertiary/aromatic N) is 2. The van der Waals surface area contributed by atoms with Crippen molar-refractivity contribution in [1.29, 1.82) is 0 Å². The molecule has 2 aliphatic rings. The molecule has 100 valence electrons. The zero-order chi connectivity index (χ0) is 12.4. The Morgan fingerprint density at radius 1 is 1.33 bits per heavy atom. The molecule has 2 atom stereocenters. The molecule has 0 bridgehead atoms. The van der Waals surface area contributed by atoms with Gasteiger partial charge in [0, 0.05) is 17.7 Å². The van der Waals surface area contributed by atoms with Crippen LogP contribution in [0, 0.1) is 0 Å². The number of thioether (sulfide) groups is 1. The summed E-state index contributed by atoms with van der Waals surface area (Å²) in [4.78, 5) is 4.59. The number of hydrogen-bond acceptors (Lipinski definition) is 5. The molecule has 0 radical (unpaired) electrons. The van der Waals surface area contributed by atoms with Gasteiger partial charge in [0.05, 0.1) is 6.04 Å². The predicted molar refractivity (Wildman–Crippen MR) is 72.8 cm³/mol. The van der Waals surface area contributed by atoms with Gasteiger partial charge in [0.25, 0.3) is 0 Å². The van der Waals surface area contributed by atoms with Crippen molar-refractivity contribution in [2.24, 2.45) is 0 Å². The smallest absolute Gasteiger partial charge is 0.243 e. The van der Waals surface area contributed by atoms with Gasteiger partial charge in [0.15, 0.2) is 5.82 Å². The van der Waals surface area contributed by atoms with E-state index >= 15 is 0 Å². The summed E-state index contributed by atoms with van der Waals surface area (Å²) in [5.74, 6) is 4.69. The summed E-state index contributed by atoms with van der Waals surface area (Å²) >= 11 is 2.02. The fourth-order valence-electron chi connectivity index (χ4n) is 2.86. The van der Waals surface area contributed by atoms with Crippen molar-refractivity contribution in [3.05, 3.63) is 11.7 Å². The topological polar surface area (TPSA) is 51.0 Å². The van der Waals surface area contributed by atoms with Crippen molar-refractivity contribution in [2.75, 3.05) is 11.5 Å². The van der Waals surface area contributed by atoms with Gasteiger partial charge < -0.3 is 9.84 Å². The first-order valence-electron chi connectivity index (χ1n) is 7.00. The molecule has 3 rings (SSSR count). The first-order chi connectivity index (χ1) is 8.83. The van der Waals surface area contributed by atoms with Gasteiger partial charge in [0.2, 0.25) is 5.89 Å². The predicted octanol–water partition coefficient (Wildman–Crippen LogP) is 2.88. The summed E-state index contributed by atoms with van der Waals surface area (Å²) in [7, 11) is 0. The van der Waals surface area contributed by atoms with Crippen LogP contribution in [-0.2, 0) is 0 Å². The quantitative estimate of drug-likeness (QED) is 0.909. The van der Waals surface area contributed by atoms with Crippen LogP contribution < -0.4 is 5.32 Å². The van der Waals surface area contributed by atoms with Crippen molar-refractivity contribution >= 4 is 11.8 Å². The van der Waals surface area contributed by atoms with E-state index in [4.69, 9.17) is 4.52 Å². The van der Waals surface area contributed by atoms with Crippen LogP contribution in [0.1, 0.15) is 62.7 Å². The summed E-state index contributed by atoms with van der Waals surface area (Å²) in [6.45, 7) is 2.12. The summed E-state index contributed by atoms with van der Waals surface area (Å²) in [5, 5.41) is 7.74. The number of rotatable bonds is 4. The fraction of sp³-hybridized carbons (Fsp3) is 0.846. The van der Waals surface area contributed by atoms with Crippen molar-refractivity contribution < 1.29 is 4.52 Å². The molecular weight excluding hydrogens is 246 g/mol. The van der Waals surface area contributed by atoms with Crippen LogP contribution >= 0.6 is 11.8 Å². The summed E-state index contributed by atoms with van der Waals surface area (Å²) in [6, 6.07) is 0.781. The standard InChI is InChI=1S/C13H21N3OS/c1-9(14-11-6-7-18-8-11)13-15-12(16-17-13)10-4-2-3-5-10/h9-11,14H,2-8H2,1H3/t9-,11+/m1/s1. The first-order valence-corrected chi connectivity index (χ1v) is 8.15. The minimum Gasteiger partial charge on any atom is -0.338 e. The van der Waals surface area contributed by atoms with E-state index in [9.17, 15) is 0 Å². The van der Waals surface area contributed by atoms with Crippen molar-refractivity contribution in [1.82, 2.24) is 15.5 Å². The molecule has 2 heterocycles. The van der Waals surface area contributed by atoms with Gasteiger partial charge >= 0.3 is 0 Å². The average molecular weight is 267 g/mol. The van der Waals surface area contributed by atoms with Crippen LogP contribution in [0.25, 0.3) is 0 Å². The van der Waals surface area contributed by atoms with Crippen molar-refractivity contribution in [2.45, 2.75) is 57.0 Å². The highest BCUT2D eigenvalue weighted by molar-refractivity contribution is 7.99. The molecular formula is C13H21N3OS. The third-order valence-electron chi connectivity index (χ3n) is 3.96. The maximum Gasteiger partial charge on any atom is 0.243 e. The number of nitrogens with one attached hydrogen (secondary N) is 1. The first kappa shape index (κ1) is 12.5. The molecule has 5 heteroatoms. The molecule has 4 nitrogen and oxygen atoms in total. The van der Waals surface area contributed by atoms with E-state index in [1.54, 1.807) is 0 Å². The summed E-state index contributed by atoms with van der Waals surface area (Å²) < 4.78 is 5.42. The van der Waals surface area contributed by atoms with E-state index in [0.29, 0.717) is 12.0 Å². The highest BCUT2D eigenvalue weighted by Gasteiger charge is 2.25. The molecule has 1 aromatic rings. The highest BCUT2D eigenvalue weighted by Crippen LogP contribution is 2.32. The van der Waals surface area contributed by atoms with E-state index in [1.807, 2.05) is 11.8 Å². The molecule has 1 aliphatic carbocycles. The van der Waals surface area contributed by atoms with Gasteiger partial charge in [-0.1, -0.05) is 18.0 Å². The lowest BCUT2D eigenvalue weighted by molar-refractivity contribution is 0.323. The van der Waals surface area contributed by atoms with Gasteiger partial charge in [-0.15, -0.1) is 0 Å². The lowest BCUT2D eigenvalue weighted by Gasteiger charge is -2.14. The third kappa shape index (κ3) is 2.72. The lowest BCUT2D eigenvalue weighted by atomic mass is 10.1. The molecule has 0 spiro atoms. The Kier molecular flexibility index (Phi) is 3.89. The van der Waals surface area contributed by atoms with Crippen LogP contribution in [0.2, 0.25) is 0 Å². The highest BCUT2D eigenvalue weighted by atomic mass is 32.2. The maximum atomic E-state index is 5.42. The molecule has 1 N–H and O–H groups in total.